The van der Waals surface area contributed by atoms with Gasteiger partial charge in [0.05, 0.1) is 0 Å². The van der Waals surface area contributed by atoms with Crippen LogP contribution >= 0.6 is 0 Å². The topological polar surface area (TPSA) is 26.0 Å². The zero-order chi connectivity index (χ0) is 13.1. The molecule has 1 nitrogen and oxygen atoms in total. The lowest BCUT2D eigenvalue weighted by molar-refractivity contribution is 0.682. The lowest BCUT2D eigenvalue weighted by atomic mass is 9.85. The van der Waals surface area contributed by atoms with Gasteiger partial charge >= 0.3 is 0 Å². The molecule has 0 saturated heterocycles. The Hall–Kier alpha value is -1.60. The van der Waals surface area contributed by atoms with E-state index in [9.17, 15) is 0 Å². The van der Waals surface area contributed by atoms with Crippen LogP contribution in [0.2, 0.25) is 0 Å². The largest absolute Gasteiger partial charge is 0.330 e. The predicted molar refractivity (Wildman–Crippen MR) is 80.4 cm³/mol. The van der Waals surface area contributed by atoms with Crippen molar-refractivity contribution in [3.63, 3.8) is 0 Å². The predicted octanol–water partition coefficient (Wildman–Crippen LogP) is 3.66. The van der Waals surface area contributed by atoms with Crippen molar-refractivity contribution in [3.8, 4) is 0 Å². The lowest BCUT2D eigenvalue weighted by Gasteiger charge is -2.21. The summed E-state index contributed by atoms with van der Waals surface area (Å²) < 4.78 is 0. The molecule has 0 heterocycles. The summed E-state index contributed by atoms with van der Waals surface area (Å²) in [5.41, 5.74) is 11.8. The smallest absolute Gasteiger partial charge is 0.0212 e. The van der Waals surface area contributed by atoms with E-state index in [-0.39, 0.29) is 0 Å². The number of fused-ring (bicyclic) bond motifs is 1. The second-order valence-corrected chi connectivity index (χ2v) is 5.43. The van der Waals surface area contributed by atoms with Gasteiger partial charge in [-0.25, -0.2) is 0 Å². The monoisotopic (exact) mass is 251 g/mol. The Kier molecular flexibility index (Phi) is 3.65. The summed E-state index contributed by atoms with van der Waals surface area (Å²) in [5, 5.41) is 0. The average molecular weight is 251 g/mol. The summed E-state index contributed by atoms with van der Waals surface area (Å²) in [7, 11) is 0. The number of hydrogen-bond acceptors (Lipinski definition) is 1. The molecule has 1 aliphatic rings. The third kappa shape index (κ3) is 2.57. The average Bonchev–Trinajstić information content (AvgIpc) is 2.49. The van der Waals surface area contributed by atoms with Crippen LogP contribution in [0.3, 0.4) is 0 Å². The highest BCUT2D eigenvalue weighted by molar-refractivity contribution is 5.39. The van der Waals surface area contributed by atoms with Crippen LogP contribution < -0.4 is 5.73 Å². The quantitative estimate of drug-likeness (QED) is 0.885. The van der Waals surface area contributed by atoms with Gasteiger partial charge in [-0.3, -0.25) is 0 Å². The zero-order valence-corrected chi connectivity index (χ0v) is 11.3. The molecule has 0 aliphatic heterocycles. The van der Waals surface area contributed by atoms with E-state index < -0.39 is 0 Å². The maximum absolute atomic E-state index is 6.01. The Balaban J connectivity index is 1.96. The molecule has 1 heteroatoms. The van der Waals surface area contributed by atoms with Crippen molar-refractivity contribution in [3.05, 3.63) is 70.8 Å². The minimum atomic E-state index is 0.327. The van der Waals surface area contributed by atoms with Gasteiger partial charge in [0.1, 0.15) is 0 Å². The number of hydrogen-bond donors (Lipinski definition) is 1. The van der Waals surface area contributed by atoms with Gasteiger partial charge in [-0.2, -0.15) is 0 Å². The van der Waals surface area contributed by atoms with Crippen LogP contribution in [-0.4, -0.2) is 6.54 Å². The number of rotatable bonds is 3. The summed E-state index contributed by atoms with van der Waals surface area (Å²) in [6.07, 6.45) is 5.14. The van der Waals surface area contributed by atoms with Crippen LogP contribution in [0.4, 0.5) is 0 Å². The molecule has 0 radical (unpaired) electrons. The van der Waals surface area contributed by atoms with E-state index in [0.717, 1.165) is 0 Å². The van der Waals surface area contributed by atoms with E-state index in [1.54, 1.807) is 5.56 Å². The van der Waals surface area contributed by atoms with E-state index in [0.29, 0.717) is 12.5 Å². The van der Waals surface area contributed by atoms with Gasteiger partial charge in [0.25, 0.3) is 0 Å². The van der Waals surface area contributed by atoms with Crippen LogP contribution in [0.15, 0.2) is 48.5 Å². The Bertz CT molecular complexity index is 545. The van der Waals surface area contributed by atoms with E-state index in [1.165, 1.54) is 42.4 Å². The molecule has 3 rings (SSSR count). The van der Waals surface area contributed by atoms with Crippen LogP contribution in [-0.2, 0) is 12.8 Å². The van der Waals surface area contributed by atoms with Crippen LogP contribution in [0.1, 0.15) is 41.0 Å². The molecule has 1 atom stereocenters. The molecule has 2 aromatic rings. The number of benzene rings is 2. The molecule has 19 heavy (non-hydrogen) atoms. The SMILES string of the molecule is NCC(c1ccccc1)c1ccc2c(c1)CCCC2. The summed E-state index contributed by atoms with van der Waals surface area (Å²) >= 11 is 0. The molecule has 0 saturated carbocycles. The normalized spacial score (nSPS) is 15.8. The minimum Gasteiger partial charge on any atom is -0.330 e. The standard InChI is InChI=1S/C18H21N/c19-13-18(15-7-2-1-3-8-15)17-11-10-14-6-4-5-9-16(14)12-17/h1-3,7-8,10-12,18H,4-6,9,13,19H2. The Labute approximate surface area is 115 Å². The van der Waals surface area contributed by atoms with E-state index >= 15 is 0 Å². The first-order valence-electron chi connectivity index (χ1n) is 7.25. The fourth-order valence-corrected chi connectivity index (χ4v) is 3.12. The molecule has 0 aromatic heterocycles. The van der Waals surface area contributed by atoms with Crippen molar-refractivity contribution in [1.82, 2.24) is 0 Å². The molecular weight excluding hydrogens is 230 g/mol. The maximum atomic E-state index is 6.01. The number of nitrogens with two attached hydrogens (primary N) is 1. The van der Waals surface area contributed by atoms with Gasteiger partial charge in [-0.05, 0) is 47.9 Å². The van der Waals surface area contributed by atoms with Crippen LogP contribution in [0.25, 0.3) is 0 Å². The van der Waals surface area contributed by atoms with Crippen molar-refractivity contribution >= 4 is 0 Å². The van der Waals surface area contributed by atoms with Gasteiger partial charge in [-0.15, -0.1) is 0 Å². The molecular formula is C18H21N. The summed E-state index contributed by atoms with van der Waals surface area (Å²) in [6.45, 7) is 0.669. The first-order valence-corrected chi connectivity index (χ1v) is 7.25. The molecule has 0 fully saturated rings. The molecule has 0 spiro atoms. The van der Waals surface area contributed by atoms with E-state index in [1.807, 2.05) is 0 Å². The lowest BCUT2D eigenvalue weighted by Crippen LogP contribution is -2.15. The minimum absolute atomic E-state index is 0.327. The van der Waals surface area contributed by atoms with Gasteiger partial charge in [0, 0.05) is 12.5 Å². The third-order valence-electron chi connectivity index (χ3n) is 4.21. The number of aryl methyl sites for hydroxylation is 2. The second-order valence-electron chi connectivity index (χ2n) is 5.43. The van der Waals surface area contributed by atoms with E-state index in [2.05, 4.69) is 48.5 Å². The Morgan fingerprint density at radius 3 is 2.32 bits per heavy atom. The van der Waals surface area contributed by atoms with Crippen LogP contribution in [0, 0.1) is 0 Å². The Morgan fingerprint density at radius 1 is 0.842 bits per heavy atom. The highest BCUT2D eigenvalue weighted by atomic mass is 14.5. The molecule has 2 aromatic carbocycles. The van der Waals surface area contributed by atoms with Crippen molar-refractivity contribution in [2.75, 3.05) is 6.54 Å². The first-order chi connectivity index (χ1) is 9.38. The summed E-state index contributed by atoms with van der Waals surface area (Å²) in [4.78, 5) is 0. The van der Waals surface area contributed by atoms with Crippen LogP contribution in [0.5, 0.6) is 0 Å². The third-order valence-corrected chi connectivity index (χ3v) is 4.21. The molecule has 0 bridgehead atoms. The molecule has 1 aliphatic carbocycles. The highest BCUT2D eigenvalue weighted by Crippen LogP contribution is 2.28. The molecule has 0 amide bonds. The summed E-state index contributed by atoms with van der Waals surface area (Å²) in [6, 6.07) is 17.6. The van der Waals surface area contributed by atoms with Gasteiger partial charge in [0.15, 0.2) is 0 Å². The second kappa shape index (κ2) is 5.58. The van der Waals surface area contributed by atoms with Gasteiger partial charge < -0.3 is 5.73 Å². The van der Waals surface area contributed by atoms with Crippen molar-refractivity contribution in [2.45, 2.75) is 31.6 Å². The van der Waals surface area contributed by atoms with Crippen molar-refractivity contribution in [2.24, 2.45) is 5.73 Å². The molecule has 98 valence electrons. The van der Waals surface area contributed by atoms with E-state index in [4.69, 9.17) is 5.73 Å². The first kappa shape index (κ1) is 12.4. The summed E-state index contributed by atoms with van der Waals surface area (Å²) in [5.74, 6) is 0.327. The fraction of sp³-hybridized carbons (Fsp3) is 0.333. The molecule has 1 unspecified atom stereocenters. The highest BCUT2D eigenvalue weighted by Gasteiger charge is 2.15. The fourth-order valence-electron chi connectivity index (χ4n) is 3.12. The van der Waals surface area contributed by atoms with Crippen molar-refractivity contribution < 1.29 is 0 Å². The molecule has 2 N–H and O–H groups in total. The maximum Gasteiger partial charge on any atom is 0.0212 e. The van der Waals surface area contributed by atoms with Gasteiger partial charge in [0.2, 0.25) is 0 Å². The van der Waals surface area contributed by atoms with Crippen molar-refractivity contribution in [1.29, 1.82) is 0 Å². The zero-order valence-electron chi connectivity index (χ0n) is 11.3. The van der Waals surface area contributed by atoms with Gasteiger partial charge in [-0.1, -0.05) is 48.5 Å². The Morgan fingerprint density at radius 2 is 1.58 bits per heavy atom.